The second-order valence-electron chi connectivity index (χ2n) is 3.66. The summed E-state index contributed by atoms with van der Waals surface area (Å²) >= 11 is 0. The Morgan fingerprint density at radius 3 is 3.07 bits per heavy atom. The molecule has 2 heterocycles. The van der Waals surface area contributed by atoms with Gasteiger partial charge < -0.3 is 19.8 Å². The van der Waals surface area contributed by atoms with E-state index < -0.39 is 0 Å². The normalized spacial score (nSPS) is 25.6. The quantitative estimate of drug-likeness (QED) is 0.743. The van der Waals surface area contributed by atoms with Gasteiger partial charge in [-0.2, -0.15) is 0 Å². The molecule has 2 N–H and O–H groups in total. The summed E-state index contributed by atoms with van der Waals surface area (Å²) in [4.78, 5) is 12.9. The van der Waals surface area contributed by atoms with Crippen LogP contribution in [0.1, 0.15) is 11.7 Å². The number of methoxy groups -OCH3 is 1. The Kier molecular flexibility index (Phi) is 2.64. The molecule has 1 saturated heterocycles. The Labute approximate surface area is 87.8 Å². The van der Waals surface area contributed by atoms with Crippen LogP contribution in [0.4, 0.5) is 4.79 Å². The predicted molar refractivity (Wildman–Crippen MR) is 53.4 cm³/mol. The predicted octanol–water partition coefficient (Wildman–Crippen LogP) is 0.772. The third-order valence-electron chi connectivity index (χ3n) is 2.71. The number of rotatable bonds is 1. The van der Waals surface area contributed by atoms with Crippen LogP contribution in [0.25, 0.3) is 0 Å². The third-order valence-corrected chi connectivity index (χ3v) is 2.71. The average molecular weight is 210 g/mol. The van der Waals surface area contributed by atoms with Crippen molar-refractivity contribution in [3.63, 3.8) is 0 Å². The maximum atomic E-state index is 11.3. The highest BCUT2D eigenvalue weighted by Gasteiger charge is 2.35. The van der Waals surface area contributed by atoms with Crippen molar-refractivity contribution in [2.75, 3.05) is 20.2 Å². The monoisotopic (exact) mass is 210 g/mol. The van der Waals surface area contributed by atoms with Crippen molar-refractivity contribution in [2.24, 2.45) is 5.73 Å². The Morgan fingerprint density at radius 1 is 1.67 bits per heavy atom. The van der Waals surface area contributed by atoms with Crippen molar-refractivity contribution in [3.05, 3.63) is 24.2 Å². The van der Waals surface area contributed by atoms with Crippen molar-refractivity contribution in [3.8, 4) is 0 Å². The van der Waals surface area contributed by atoms with E-state index in [1.54, 1.807) is 11.2 Å². The number of hydrogen-bond donors (Lipinski definition) is 1. The molecule has 2 rings (SSSR count). The summed E-state index contributed by atoms with van der Waals surface area (Å²) in [6.07, 6.45) is 1.28. The van der Waals surface area contributed by atoms with Gasteiger partial charge >= 0.3 is 6.09 Å². The SMILES string of the molecule is COC(=O)N1CC(N)C(c2ccco2)C1. The first-order valence-electron chi connectivity index (χ1n) is 4.84. The number of nitrogens with two attached hydrogens (primary N) is 1. The summed E-state index contributed by atoms with van der Waals surface area (Å²) in [6, 6.07) is 3.61. The van der Waals surface area contributed by atoms with Gasteiger partial charge in [-0.3, -0.25) is 0 Å². The van der Waals surface area contributed by atoms with Gasteiger partial charge in [0.1, 0.15) is 5.76 Å². The van der Waals surface area contributed by atoms with Crippen LogP contribution in [-0.2, 0) is 4.74 Å². The zero-order valence-corrected chi connectivity index (χ0v) is 8.55. The number of amides is 1. The van der Waals surface area contributed by atoms with E-state index in [1.807, 2.05) is 12.1 Å². The Bertz CT molecular complexity index is 336. The summed E-state index contributed by atoms with van der Waals surface area (Å²) in [5, 5.41) is 0. The molecule has 5 heteroatoms. The van der Waals surface area contributed by atoms with Gasteiger partial charge in [-0.05, 0) is 12.1 Å². The molecule has 1 fully saturated rings. The molecule has 1 amide bonds. The molecule has 2 atom stereocenters. The number of carbonyl (C=O) groups is 1. The van der Waals surface area contributed by atoms with Gasteiger partial charge in [-0.1, -0.05) is 0 Å². The van der Waals surface area contributed by atoms with Gasteiger partial charge in [-0.25, -0.2) is 4.79 Å². The molecule has 15 heavy (non-hydrogen) atoms. The van der Waals surface area contributed by atoms with E-state index >= 15 is 0 Å². The first-order valence-corrected chi connectivity index (χ1v) is 4.84. The standard InChI is InChI=1S/C10H14N2O3/c1-14-10(13)12-5-7(8(11)6-12)9-3-2-4-15-9/h2-4,7-8H,5-6,11H2,1H3. The molecule has 0 aliphatic carbocycles. The number of ether oxygens (including phenoxy) is 1. The fraction of sp³-hybridized carbons (Fsp3) is 0.500. The Morgan fingerprint density at radius 2 is 2.47 bits per heavy atom. The second kappa shape index (κ2) is 3.94. The van der Waals surface area contributed by atoms with Crippen LogP contribution in [0.5, 0.6) is 0 Å². The lowest BCUT2D eigenvalue weighted by Crippen LogP contribution is -2.31. The molecule has 1 aromatic heterocycles. The van der Waals surface area contributed by atoms with E-state index in [2.05, 4.69) is 4.74 Å². The molecule has 0 aromatic carbocycles. The molecule has 1 aliphatic heterocycles. The van der Waals surface area contributed by atoms with Crippen LogP contribution < -0.4 is 5.73 Å². The van der Waals surface area contributed by atoms with E-state index in [9.17, 15) is 4.79 Å². The lowest BCUT2D eigenvalue weighted by molar-refractivity contribution is 0.132. The topological polar surface area (TPSA) is 68.7 Å². The van der Waals surface area contributed by atoms with Crippen molar-refractivity contribution >= 4 is 6.09 Å². The highest BCUT2D eigenvalue weighted by molar-refractivity contribution is 5.68. The number of likely N-dealkylation sites (tertiary alicyclic amines) is 1. The molecule has 5 nitrogen and oxygen atoms in total. The van der Waals surface area contributed by atoms with E-state index in [0.717, 1.165) is 5.76 Å². The molecule has 0 spiro atoms. The van der Waals surface area contributed by atoms with Crippen LogP contribution in [0.15, 0.2) is 22.8 Å². The lowest BCUT2D eigenvalue weighted by Gasteiger charge is -2.13. The van der Waals surface area contributed by atoms with Crippen molar-refractivity contribution in [1.82, 2.24) is 4.90 Å². The Hall–Kier alpha value is -1.49. The molecule has 1 aromatic rings. The molecule has 1 aliphatic rings. The lowest BCUT2D eigenvalue weighted by atomic mass is 10.0. The van der Waals surface area contributed by atoms with Crippen LogP contribution in [0.3, 0.4) is 0 Å². The van der Waals surface area contributed by atoms with E-state index in [1.165, 1.54) is 7.11 Å². The summed E-state index contributed by atoms with van der Waals surface area (Å²) in [7, 11) is 1.37. The number of nitrogens with zero attached hydrogens (tertiary/aromatic N) is 1. The van der Waals surface area contributed by atoms with Gasteiger partial charge in [-0.15, -0.1) is 0 Å². The summed E-state index contributed by atoms with van der Waals surface area (Å²) in [5.41, 5.74) is 5.94. The molecule has 2 unspecified atom stereocenters. The average Bonchev–Trinajstić information content (AvgIpc) is 2.84. The maximum Gasteiger partial charge on any atom is 0.409 e. The van der Waals surface area contributed by atoms with Crippen LogP contribution in [0.2, 0.25) is 0 Å². The smallest absolute Gasteiger partial charge is 0.409 e. The van der Waals surface area contributed by atoms with Crippen molar-refractivity contribution < 1.29 is 13.9 Å². The zero-order chi connectivity index (χ0) is 10.8. The third kappa shape index (κ3) is 1.83. The number of hydrogen-bond acceptors (Lipinski definition) is 4. The molecular weight excluding hydrogens is 196 g/mol. The number of furan rings is 1. The van der Waals surface area contributed by atoms with Crippen molar-refractivity contribution in [2.45, 2.75) is 12.0 Å². The summed E-state index contributed by atoms with van der Waals surface area (Å²) < 4.78 is 9.94. The molecule has 0 radical (unpaired) electrons. The highest BCUT2D eigenvalue weighted by atomic mass is 16.5. The highest BCUT2D eigenvalue weighted by Crippen LogP contribution is 2.26. The van der Waals surface area contributed by atoms with Gasteiger partial charge in [0, 0.05) is 19.1 Å². The largest absolute Gasteiger partial charge is 0.469 e. The van der Waals surface area contributed by atoms with Crippen LogP contribution in [-0.4, -0.2) is 37.2 Å². The van der Waals surface area contributed by atoms with Gasteiger partial charge in [0.2, 0.25) is 0 Å². The summed E-state index contributed by atoms with van der Waals surface area (Å²) in [6.45, 7) is 1.07. The molecular formula is C10H14N2O3. The Balaban J connectivity index is 2.08. The second-order valence-corrected chi connectivity index (χ2v) is 3.66. The van der Waals surface area contributed by atoms with E-state index in [-0.39, 0.29) is 18.1 Å². The molecule has 0 bridgehead atoms. The fourth-order valence-electron chi connectivity index (χ4n) is 1.91. The molecule has 82 valence electrons. The van der Waals surface area contributed by atoms with Gasteiger partial charge in [0.05, 0.1) is 19.3 Å². The minimum atomic E-state index is -0.334. The fourth-order valence-corrected chi connectivity index (χ4v) is 1.91. The summed E-state index contributed by atoms with van der Waals surface area (Å²) in [5.74, 6) is 0.896. The minimum Gasteiger partial charge on any atom is -0.469 e. The van der Waals surface area contributed by atoms with Crippen LogP contribution in [0, 0.1) is 0 Å². The molecule has 0 saturated carbocycles. The number of carbonyl (C=O) groups excluding carboxylic acids is 1. The van der Waals surface area contributed by atoms with Crippen molar-refractivity contribution in [1.29, 1.82) is 0 Å². The minimum absolute atomic E-state index is 0.0686. The maximum absolute atomic E-state index is 11.3. The van der Waals surface area contributed by atoms with Gasteiger partial charge in [0.25, 0.3) is 0 Å². The van der Waals surface area contributed by atoms with E-state index in [0.29, 0.717) is 13.1 Å². The first-order chi connectivity index (χ1) is 7.22. The zero-order valence-electron chi connectivity index (χ0n) is 8.55. The van der Waals surface area contributed by atoms with Crippen LogP contribution >= 0.6 is 0 Å². The van der Waals surface area contributed by atoms with E-state index in [4.69, 9.17) is 10.2 Å². The first kappa shape index (κ1) is 10.0. The van der Waals surface area contributed by atoms with Gasteiger partial charge in [0.15, 0.2) is 0 Å².